The van der Waals surface area contributed by atoms with E-state index in [1.54, 1.807) is 0 Å². The van der Waals surface area contributed by atoms with Crippen molar-refractivity contribution < 1.29 is 44.3 Å². The molecule has 0 saturated carbocycles. The van der Waals surface area contributed by atoms with Gasteiger partial charge in [-0.25, -0.2) is 0 Å². The first-order chi connectivity index (χ1) is 5.02. The molecule has 0 aromatic carbocycles. The SMILES string of the molecule is Cc1cc[c-]nc1C(F)(F)F.[U]. The molecule has 64 valence electrons. The number of aryl methyl sites for hydroxylation is 1. The van der Waals surface area contributed by atoms with E-state index >= 15 is 0 Å². The monoisotopic (exact) mass is 398 g/mol. The molecule has 0 fully saturated rings. The van der Waals surface area contributed by atoms with Crippen LogP contribution in [0.5, 0.6) is 0 Å². The van der Waals surface area contributed by atoms with Gasteiger partial charge in [-0.15, -0.1) is 5.56 Å². The van der Waals surface area contributed by atoms with Gasteiger partial charge in [-0.3, -0.25) is 0 Å². The van der Waals surface area contributed by atoms with Gasteiger partial charge in [-0.05, 0) is 0 Å². The number of alkyl halides is 3. The van der Waals surface area contributed by atoms with Crippen LogP contribution >= 0.6 is 0 Å². The molecule has 0 unspecified atom stereocenters. The van der Waals surface area contributed by atoms with Crippen LogP contribution in [0.3, 0.4) is 0 Å². The van der Waals surface area contributed by atoms with Crippen LogP contribution in [-0.4, -0.2) is 4.98 Å². The Morgan fingerprint density at radius 1 is 1.42 bits per heavy atom. The van der Waals surface area contributed by atoms with E-state index in [0.29, 0.717) is 0 Å². The molecule has 12 heavy (non-hydrogen) atoms. The van der Waals surface area contributed by atoms with Gasteiger partial charge >= 0.3 is 6.18 Å². The van der Waals surface area contributed by atoms with E-state index in [1.165, 1.54) is 19.1 Å². The molecule has 0 N–H and O–H groups in total. The molecule has 0 spiro atoms. The van der Waals surface area contributed by atoms with E-state index in [9.17, 15) is 13.2 Å². The van der Waals surface area contributed by atoms with Crippen LogP contribution < -0.4 is 0 Å². The quantitative estimate of drug-likeness (QED) is 0.611. The zero-order valence-electron chi connectivity index (χ0n) is 6.24. The zero-order chi connectivity index (χ0) is 8.48. The van der Waals surface area contributed by atoms with Crippen molar-refractivity contribution in [3.05, 3.63) is 29.6 Å². The predicted octanol–water partition coefficient (Wildman–Crippen LogP) is 2.21. The van der Waals surface area contributed by atoms with Gasteiger partial charge in [0.25, 0.3) is 0 Å². The summed E-state index contributed by atoms with van der Waals surface area (Å²) < 4.78 is 35.9. The standard InChI is InChI=1S/C7H5F3N.U/c1-5-3-2-4-11-6(5)7(8,9)10;/h2-3H,1H3;/q-1;. The van der Waals surface area contributed by atoms with Crippen LogP contribution in [0.1, 0.15) is 11.3 Å². The smallest absolute Gasteiger partial charge is 0.382 e. The first-order valence-electron chi connectivity index (χ1n) is 2.92. The minimum atomic E-state index is -4.36. The maximum atomic E-state index is 12.0. The van der Waals surface area contributed by atoms with Crippen LogP contribution in [0.4, 0.5) is 13.2 Å². The molecule has 1 aromatic heterocycles. The maximum Gasteiger partial charge on any atom is 0.386 e. The molecule has 0 aliphatic heterocycles. The van der Waals surface area contributed by atoms with E-state index in [1.807, 2.05) is 0 Å². The third-order valence-corrected chi connectivity index (χ3v) is 1.23. The van der Waals surface area contributed by atoms with Gasteiger partial charge in [-0.2, -0.15) is 25.3 Å². The number of hydrogen-bond acceptors (Lipinski definition) is 1. The number of halogens is 3. The normalized spacial score (nSPS) is 10.7. The molecular formula is C7H5F3NU-. The van der Waals surface area contributed by atoms with Gasteiger partial charge in [0.15, 0.2) is 0 Å². The summed E-state index contributed by atoms with van der Waals surface area (Å²) in [6, 6.07) is 2.68. The van der Waals surface area contributed by atoms with Crippen LogP contribution in [0, 0.1) is 44.2 Å². The fourth-order valence-corrected chi connectivity index (χ4v) is 0.718. The van der Waals surface area contributed by atoms with Crippen LogP contribution in [0.2, 0.25) is 0 Å². The van der Waals surface area contributed by atoms with Crippen LogP contribution in [-0.2, 0) is 6.18 Å². The Hall–Kier alpha value is -0.00805. The van der Waals surface area contributed by atoms with Crippen molar-refractivity contribution in [3.63, 3.8) is 0 Å². The van der Waals surface area contributed by atoms with Crippen molar-refractivity contribution in [1.29, 1.82) is 0 Å². The molecule has 0 atom stereocenters. The van der Waals surface area contributed by atoms with Gasteiger partial charge in [0.2, 0.25) is 0 Å². The number of aromatic nitrogens is 1. The Morgan fingerprint density at radius 3 is 2.33 bits per heavy atom. The molecule has 1 rings (SSSR count). The predicted molar refractivity (Wildman–Crippen MR) is 32.8 cm³/mol. The number of rotatable bonds is 0. The van der Waals surface area contributed by atoms with Crippen LogP contribution in [0.25, 0.3) is 0 Å². The Labute approximate surface area is 91.8 Å². The van der Waals surface area contributed by atoms with Gasteiger partial charge in [0.1, 0.15) is 0 Å². The molecule has 0 amide bonds. The number of hydrogen-bond donors (Lipinski definition) is 0. The minimum Gasteiger partial charge on any atom is -0.382 e. The fraction of sp³-hybridized carbons (Fsp3) is 0.286. The third kappa shape index (κ3) is 2.80. The van der Waals surface area contributed by atoms with Gasteiger partial charge in [-0.1, -0.05) is 13.1 Å². The topological polar surface area (TPSA) is 12.9 Å². The van der Waals surface area contributed by atoms with E-state index < -0.39 is 11.9 Å². The zero-order valence-corrected chi connectivity index (χ0v) is 10.4. The third-order valence-electron chi connectivity index (χ3n) is 1.23. The molecule has 0 aliphatic carbocycles. The molecule has 0 bridgehead atoms. The summed E-state index contributed by atoms with van der Waals surface area (Å²) in [5.74, 6) is 0. The van der Waals surface area contributed by atoms with Gasteiger partial charge < -0.3 is 4.98 Å². The molecule has 1 heterocycles. The van der Waals surface area contributed by atoms with E-state index in [0.717, 1.165) is 0 Å². The van der Waals surface area contributed by atoms with Crippen molar-refractivity contribution in [2.75, 3.05) is 0 Å². The second kappa shape index (κ2) is 4.29. The van der Waals surface area contributed by atoms with Crippen molar-refractivity contribution >= 4 is 0 Å². The Bertz CT molecular complexity index is 259. The van der Waals surface area contributed by atoms with Gasteiger partial charge in [0.05, 0.1) is 0 Å². The van der Waals surface area contributed by atoms with E-state index in [-0.39, 0.29) is 36.7 Å². The Kier molecular flexibility index (Phi) is 4.29. The molecule has 0 saturated heterocycles. The maximum absolute atomic E-state index is 12.0. The summed E-state index contributed by atoms with van der Waals surface area (Å²) in [5.41, 5.74) is -0.740. The Balaban J connectivity index is 0.00000121. The van der Waals surface area contributed by atoms with Crippen molar-refractivity contribution in [2.45, 2.75) is 13.1 Å². The number of nitrogens with zero attached hydrogens (tertiary/aromatic N) is 1. The first kappa shape index (κ1) is 12.0. The summed E-state index contributed by atoms with van der Waals surface area (Å²) >= 11 is 0. The molecule has 1 nitrogen and oxygen atoms in total. The molecule has 0 aliphatic rings. The molecule has 1 aromatic rings. The first-order valence-corrected chi connectivity index (χ1v) is 2.92. The van der Waals surface area contributed by atoms with Crippen molar-refractivity contribution in [3.8, 4) is 0 Å². The van der Waals surface area contributed by atoms with E-state index in [4.69, 9.17) is 0 Å². The van der Waals surface area contributed by atoms with E-state index in [2.05, 4.69) is 11.2 Å². The molecule has 5 heteroatoms. The summed E-state index contributed by atoms with van der Waals surface area (Å²) in [5, 5.41) is 0. The summed E-state index contributed by atoms with van der Waals surface area (Å²) in [7, 11) is 0. The average molecular weight is 398 g/mol. The largest absolute Gasteiger partial charge is 0.386 e. The molecule has 0 radical (unpaired) electrons. The van der Waals surface area contributed by atoms with Gasteiger partial charge in [0, 0.05) is 36.8 Å². The summed E-state index contributed by atoms with van der Waals surface area (Å²) in [6.07, 6.45) is -2.22. The summed E-state index contributed by atoms with van der Waals surface area (Å²) in [6.45, 7) is 1.36. The average Bonchev–Trinajstić information content (AvgIpc) is 1.86. The fourth-order valence-electron chi connectivity index (χ4n) is 0.718. The Morgan fingerprint density at radius 2 is 2.00 bits per heavy atom. The second-order valence-electron chi connectivity index (χ2n) is 2.10. The molecular weight excluding hydrogens is 393 g/mol. The number of pyridine rings is 1. The van der Waals surface area contributed by atoms with Crippen molar-refractivity contribution in [1.82, 2.24) is 4.98 Å². The van der Waals surface area contributed by atoms with Crippen LogP contribution in [0.15, 0.2) is 12.1 Å². The second-order valence-corrected chi connectivity index (χ2v) is 2.10. The van der Waals surface area contributed by atoms with Crippen molar-refractivity contribution in [2.24, 2.45) is 0 Å². The minimum absolute atomic E-state index is 0. The summed E-state index contributed by atoms with van der Waals surface area (Å²) in [4.78, 5) is 3.10.